The third-order valence-electron chi connectivity index (χ3n) is 4.31. The van der Waals surface area contributed by atoms with Crippen molar-refractivity contribution in [1.82, 2.24) is 5.32 Å². The molecule has 1 unspecified atom stereocenters. The van der Waals surface area contributed by atoms with Gasteiger partial charge in [0.25, 0.3) is 0 Å². The van der Waals surface area contributed by atoms with Crippen molar-refractivity contribution in [2.24, 2.45) is 16.3 Å². The molecule has 2 rings (SSSR count). The SMILES string of the molecule is CC(CCNC(=O)Oc1ccc2ccccc2c1)CC(C)(C)CN=C=O. The first kappa shape index (κ1) is 19.7. The number of carbonyl (C=O) groups is 1. The van der Waals surface area contributed by atoms with Gasteiger partial charge in [-0.05, 0) is 47.1 Å². The van der Waals surface area contributed by atoms with Gasteiger partial charge < -0.3 is 10.1 Å². The van der Waals surface area contributed by atoms with E-state index in [9.17, 15) is 9.59 Å². The molecule has 0 aliphatic carbocycles. The van der Waals surface area contributed by atoms with Gasteiger partial charge in [-0.15, -0.1) is 0 Å². The third-order valence-corrected chi connectivity index (χ3v) is 4.31. The number of fused-ring (bicyclic) bond motifs is 1. The van der Waals surface area contributed by atoms with E-state index in [1.165, 1.54) is 0 Å². The minimum Gasteiger partial charge on any atom is -0.410 e. The van der Waals surface area contributed by atoms with Crippen LogP contribution in [0.15, 0.2) is 47.5 Å². The molecule has 5 nitrogen and oxygen atoms in total. The number of aliphatic imine (C=N–C) groups is 1. The molecule has 0 saturated heterocycles. The summed E-state index contributed by atoms with van der Waals surface area (Å²) < 4.78 is 5.35. The van der Waals surface area contributed by atoms with Gasteiger partial charge in [0.15, 0.2) is 0 Å². The highest BCUT2D eigenvalue weighted by atomic mass is 16.6. The van der Waals surface area contributed by atoms with Crippen LogP contribution in [0.2, 0.25) is 0 Å². The molecule has 0 saturated carbocycles. The standard InChI is InChI=1S/C21H26N2O3/c1-16(13-21(2,3)14-22-15-24)10-11-23-20(25)26-19-9-8-17-6-4-5-7-18(17)12-19/h4-9,12,16H,10-11,13-14H2,1-3H3,(H,23,25). The Balaban J connectivity index is 1.76. The van der Waals surface area contributed by atoms with Gasteiger partial charge in [-0.3, -0.25) is 0 Å². The largest absolute Gasteiger partial charge is 0.412 e. The summed E-state index contributed by atoms with van der Waals surface area (Å²) in [5, 5.41) is 4.93. The fraction of sp³-hybridized carbons (Fsp3) is 0.429. The average molecular weight is 354 g/mol. The molecular formula is C21H26N2O3. The van der Waals surface area contributed by atoms with E-state index in [4.69, 9.17) is 4.74 Å². The van der Waals surface area contributed by atoms with Gasteiger partial charge in [0.05, 0.1) is 6.54 Å². The molecule has 0 fully saturated rings. The Hall–Kier alpha value is -2.65. The third kappa shape index (κ3) is 6.34. The Morgan fingerprint density at radius 3 is 2.69 bits per heavy atom. The molecule has 0 heterocycles. The summed E-state index contributed by atoms with van der Waals surface area (Å²) in [5.74, 6) is 0.926. The first-order chi connectivity index (χ1) is 12.4. The molecule has 0 bridgehead atoms. The van der Waals surface area contributed by atoms with Gasteiger partial charge >= 0.3 is 6.09 Å². The number of nitrogens with zero attached hydrogens (tertiary/aromatic N) is 1. The van der Waals surface area contributed by atoms with Crippen LogP contribution in [0.3, 0.4) is 0 Å². The summed E-state index contributed by atoms with van der Waals surface area (Å²) in [6.45, 7) is 7.29. The molecule has 2 aromatic carbocycles. The predicted octanol–water partition coefficient (Wildman–Crippen LogP) is 4.71. The van der Waals surface area contributed by atoms with E-state index >= 15 is 0 Å². The summed E-state index contributed by atoms with van der Waals surface area (Å²) in [6.07, 6.45) is 2.89. The van der Waals surface area contributed by atoms with Crippen LogP contribution >= 0.6 is 0 Å². The first-order valence-corrected chi connectivity index (χ1v) is 8.88. The second kappa shape index (κ2) is 9.16. The number of benzene rings is 2. The lowest BCUT2D eigenvalue weighted by Gasteiger charge is -2.25. The van der Waals surface area contributed by atoms with Gasteiger partial charge in [0.1, 0.15) is 5.75 Å². The molecular weight excluding hydrogens is 328 g/mol. The van der Waals surface area contributed by atoms with Crippen LogP contribution in [0.1, 0.15) is 33.6 Å². The summed E-state index contributed by atoms with van der Waals surface area (Å²) in [5.41, 5.74) is -0.0531. The molecule has 5 heteroatoms. The second-order valence-electron chi connectivity index (χ2n) is 7.49. The zero-order valence-electron chi connectivity index (χ0n) is 15.6. The van der Waals surface area contributed by atoms with Crippen LogP contribution < -0.4 is 10.1 Å². The highest BCUT2D eigenvalue weighted by molar-refractivity contribution is 5.84. The lowest BCUT2D eigenvalue weighted by molar-refractivity contribution is 0.199. The van der Waals surface area contributed by atoms with Gasteiger partial charge in [0, 0.05) is 6.54 Å². The van der Waals surface area contributed by atoms with Crippen LogP contribution in [0.5, 0.6) is 5.75 Å². The monoisotopic (exact) mass is 354 g/mol. The number of hydrogen-bond donors (Lipinski definition) is 1. The van der Waals surface area contributed by atoms with Gasteiger partial charge in [-0.25, -0.2) is 14.6 Å². The van der Waals surface area contributed by atoms with Crippen molar-refractivity contribution in [2.75, 3.05) is 13.1 Å². The highest BCUT2D eigenvalue weighted by Crippen LogP contribution is 2.27. The topological polar surface area (TPSA) is 67.8 Å². The molecule has 26 heavy (non-hydrogen) atoms. The van der Waals surface area contributed by atoms with E-state index in [2.05, 4.69) is 31.1 Å². The Bertz CT molecular complexity index is 795. The molecule has 1 atom stereocenters. The Morgan fingerprint density at radius 2 is 1.96 bits per heavy atom. The van der Waals surface area contributed by atoms with Crippen molar-refractivity contribution >= 4 is 22.9 Å². The number of ether oxygens (including phenoxy) is 1. The fourth-order valence-electron chi connectivity index (χ4n) is 3.15. The van der Waals surface area contributed by atoms with E-state index in [0.29, 0.717) is 24.8 Å². The Morgan fingerprint density at radius 1 is 1.23 bits per heavy atom. The van der Waals surface area contributed by atoms with Crippen molar-refractivity contribution in [3.63, 3.8) is 0 Å². The van der Waals surface area contributed by atoms with Crippen LogP contribution in [-0.4, -0.2) is 25.3 Å². The van der Waals surface area contributed by atoms with E-state index < -0.39 is 6.09 Å². The van der Waals surface area contributed by atoms with Crippen molar-refractivity contribution < 1.29 is 14.3 Å². The van der Waals surface area contributed by atoms with Crippen LogP contribution in [0, 0.1) is 11.3 Å². The van der Waals surface area contributed by atoms with Gasteiger partial charge in [-0.1, -0.05) is 51.1 Å². The van der Waals surface area contributed by atoms with Crippen LogP contribution in [0.4, 0.5) is 4.79 Å². The maximum absolute atomic E-state index is 12.0. The molecule has 2 aromatic rings. The quantitative estimate of drug-likeness (QED) is 0.551. The van der Waals surface area contributed by atoms with Crippen molar-refractivity contribution in [1.29, 1.82) is 0 Å². The van der Waals surface area contributed by atoms with E-state index in [-0.39, 0.29) is 5.41 Å². The molecule has 1 N–H and O–H groups in total. The Labute approximate surface area is 154 Å². The Kier molecular flexibility index (Phi) is 6.93. The first-order valence-electron chi connectivity index (χ1n) is 8.88. The second-order valence-corrected chi connectivity index (χ2v) is 7.49. The normalized spacial score (nSPS) is 12.3. The minimum absolute atomic E-state index is 0.0531. The maximum atomic E-state index is 12.0. The molecule has 0 aliphatic rings. The number of amides is 1. The maximum Gasteiger partial charge on any atom is 0.412 e. The van der Waals surface area contributed by atoms with E-state index in [0.717, 1.165) is 23.6 Å². The molecule has 138 valence electrons. The molecule has 1 amide bonds. The number of carbonyl (C=O) groups excluding carboxylic acids is 2. The van der Waals surface area contributed by atoms with Crippen molar-refractivity contribution in [3.05, 3.63) is 42.5 Å². The van der Waals surface area contributed by atoms with Crippen LogP contribution in [0.25, 0.3) is 10.8 Å². The number of rotatable bonds is 8. The fourth-order valence-corrected chi connectivity index (χ4v) is 3.15. The zero-order valence-corrected chi connectivity index (χ0v) is 15.6. The molecule has 0 aliphatic heterocycles. The van der Waals surface area contributed by atoms with E-state index in [1.54, 1.807) is 12.1 Å². The van der Waals surface area contributed by atoms with Crippen LogP contribution in [-0.2, 0) is 4.79 Å². The molecule has 0 spiro atoms. The summed E-state index contributed by atoms with van der Waals surface area (Å²) in [4.78, 5) is 25.9. The average Bonchev–Trinajstić information content (AvgIpc) is 2.59. The highest BCUT2D eigenvalue weighted by Gasteiger charge is 2.21. The summed E-state index contributed by atoms with van der Waals surface area (Å²) in [7, 11) is 0. The molecule has 0 aromatic heterocycles. The summed E-state index contributed by atoms with van der Waals surface area (Å²) >= 11 is 0. The number of nitrogens with one attached hydrogen (secondary N) is 1. The van der Waals surface area contributed by atoms with Crippen molar-refractivity contribution in [3.8, 4) is 5.75 Å². The number of isocyanates is 1. The van der Waals surface area contributed by atoms with Gasteiger partial charge in [0.2, 0.25) is 6.08 Å². The van der Waals surface area contributed by atoms with Crippen molar-refractivity contribution in [2.45, 2.75) is 33.6 Å². The minimum atomic E-state index is -0.447. The molecule has 0 radical (unpaired) electrons. The summed E-state index contributed by atoms with van der Waals surface area (Å²) in [6, 6.07) is 13.5. The predicted molar refractivity (Wildman–Crippen MR) is 103 cm³/mol. The van der Waals surface area contributed by atoms with Gasteiger partial charge in [-0.2, -0.15) is 0 Å². The lowest BCUT2D eigenvalue weighted by atomic mass is 9.82. The smallest absolute Gasteiger partial charge is 0.410 e. The van der Waals surface area contributed by atoms with E-state index in [1.807, 2.05) is 36.4 Å². The zero-order chi connectivity index (χ0) is 19.0. The lowest BCUT2D eigenvalue weighted by Crippen LogP contribution is -2.29. The number of hydrogen-bond acceptors (Lipinski definition) is 4.